The molecule has 26 heavy (non-hydrogen) atoms. The van der Waals surface area contributed by atoms with Gasteiger partial charge >= 0.3 is 12.6 Å². The fraction of sp³-hybridized carbons (Fsp3) is 0.632. The van der Waals surface area contributed by atoms with Crippen LogP contribution in [0.5, 0.6) is 5.75 Å². The van der Waals surface area contributed by atoms with Gasteiger partial charge in [-0.3, -0.25) is 0 Å². The second-order valence-electron chi connectivity index (χ2n) is 7.03. The molecular formula is C19H27F2N3O2. The highest BCUT2D eigenvalue weighted by Gasteiger charge is 2.25. The lowest BCUT2D eigenvalue weighted by Crippen LogP contribution is -2.51. The summed E-state index contributed by atoms with van der Waals surface area (Å²) >= 11 is 0. The molecular weight excluding hydrogens is 340 g/mol. The molecule has 1 aromatic rings. The quantitative estimate of drug-likeness (QED) is 0.838. The van der Waals surface area contributed by atoms with Crippen LogP contribution in [0.25, 0.3) is 0 Å². The number of amides is 2. The first-order valence-corrected chi connectivity index (χ1v) is 9.42. The minimum atomic E-state index is -2.82. The molecule has 2 N–H and O–H groups in total. The van der Waals surface area contributed by atoms with Crippen molar-refractivity contribution in [3.05, 3.63) is 29.3 Å². The molecule has 0 saturated carbocycles. The average molecular weight is 367 g/mol. The standard InChI is InChI=1S/C19H27F2N3O2/c1-2-24-10-4-6-14(12-24)22-19(25)23-17-7-3-5-13-11-15(26-18(20)21)8-9-16(13)17/h8-9,11,14,17-18H,2-7,10,12H2,1H3,(H2,22,23,25)/t14-,17+/m0/s1. The monoisotopic (exact) mass is 367 g/mol. The molecule has 2 atom stereocenters. The molecule has 1 saturated heterocycles. The lowest BCUT2D eigenvalue weighted by atomic mass is 9.87. The number of carbonyl (C=O) groups is 1. The molecule has 2 amide bonds. The molecule has 0 unspecified atom stereocenters. The third-order valence-corrected chi connectivity index (χ3v) is 5.25. The Hall–Kier alpha value is -1.89. The molecule has 7 heteroatoms. The van der Waals surface area contributed by atoms with Crippen molar-refractivity contribution in [2.75, 3.05) is 19.6 Å². The third-order valence-electron chi connectivity index (χ3n) is 5.25. The highest BCUT2D eigenvalue weighted by Crippen LogP contribution is 2.32. The van der Waals surface area contributed by atoms with Crippen LogP contribution in [0.1, 0.15) is 49.8 Å². The first-order valence-electron chi connectivity index (χ1n) is 9.42. The highest BCUT2D eigenvalue weighted by molar-refractivity contribution is 5.75. The van der Waals surface area contributed by atoms with Gasteiger partial charge in [0, 0.05) is 12.6 Å². The van der Waals surface area contributed by atoms with Crippen LogP contribution in [0.3, 0.4) is 0 Å². The lowest BCUT2D eigenvalue weighted by Gasteiger charge is -2.33. The van der Waals surface area contributed by atoms with E-state index in [1.54, 1.807) is 18.2 Å². The first-order chi connectivity index (χ1) is 12.5. The Morgan fingerprint density at radius 3 is 2.92 bits per heavy atom. The zero-order valence-corrected chi connectivity index (χ0v) is 15.1. The van der Waals surface area contributed by atoms with Crippen LogP contribution in [-0.2, 0) is 6.42 Å². The first kappa shape index (κ1) is 18.9. The van der Waals surface area contributed by atoms with Gasteiger partial charge in [0.1, 0.15) is 5.75 Å². The van der Waals surface area contributed by atoms with E-state index in [1.165, 1.54) is 0 Å². The van der Waals surface area contributed by atoms with E-state index in [-0.39, 0.29) is 23.9 Å². The number of halogens is 2. The number of rotatable bonds is 5. The van der Waals surface area contributed by atoms with Gasteiger partial charge in [0.25, 0.3) is 0 Å². The van der Waals surface area contributed by atoms with E-state index in [2.05, 4.69) is 27.2 Å². The summed E-state index contributed by atoms with van der Waals surface area (Å²) in [5.41, 5.74) is 1.96. The van der Waals surface area contributed by atoms with Crippen molar-refractivity contribution in [2.45, 2.75) is 57.7 Å². The minimum Gasteiger partial charge on any atom is -0.435 e. The minimum absolute atomic E-state index is 0.0924. The average Bonchev–Trinajstić information content (AvgIpc) is 2.61. The van der Waals surface area contributed by atoms with Gasteiger partial charge in [-0.25, -0.2) is 4.79 Å². The Balaban J connectivity index is 1.59. The number of likely N-dealkylation sites (N-methyl/N-ethyl adjacent to an activating group) is 1. The molecule has 3 rings (SSSR count). The van der Waals surface area contributed by atoms with Gasteiger partial charge in [0.05, 0.1) is 6.04 Å². The number of aryl methyl sites for hydroxylation is 1. The van der Waals surface area contributed by atoms with E-state index < -0.39 is 6.61 Å². The van der Waals surface area contributed by atoms with Crippen molar-refractivity contribution in [3.63, 3.8) is 0 Å². The predicted octanol–water partition coefficient (Wildman–Crippen LogP) is 3.45. The van der Waals surface area contributed by atoms with E-state index in [9.17, 15) is 13.6 Å². The summed E-state index contributed by atoms with van der Waals surface area (Å²) in [5, 5.41) is 6.14. The number of nitrogens with one attached hydrogen (secondary N) is 2. The van der Waals surface area contributed by atoms with E-state index in [0.29, 0.717) is 0 Å². The molecule has 0 spiro atoms. The maximum atomic E-state index is 12.4. The number of piperidine rings is 1. The fourth-order valence-corrected chi connectivity index (χ4v) is 3.96. The van der Waals surface area contributed by atoms with Crippen LogP contribution in [0.2, 0.25) is 0 Å². The van der Waals surface area contributed by atoms with E-state index in [0.717, 1.165) is 62.9 Å². The number of likely N-dealkylation sites (tertiary alicyclic amines) is 1. The van der Waals surface area contributed by atoms with Crippen molar-refractivity contribution in [1.82, 2.24) is 15.5 Å². The summed E-state index contributed by atoms with van der Waals surface area (Å²) < 4.78 is 29.3. The number of carbonyl (C=O) groups excluding carboxylic acids is 1. The summed E-state index contributed by atoms with van der Waals surface area (Å²) in [4.78, 5) is 14.8. The van der Waals surface area contributed by atoms with Gasteiger partial charge < -0.3 is 20.3 Å². The largest absolute Gasteiger partial charge is 0.435 e. The van der Waals surface area contributed by atoms with E-state index in [4.69, 9.17) is 0 Å². The normalized spacial score (nSPS) is 23.4. The van der Waals surface area contributed by atoms with Crippen LogP contribution >= 0.6 is 0 Å². The number of hydrogen-bond donors (Lipinski definition) is 2. The summed E-state index contributed by atoms with van der Waals surface area (Å²) in [7, 11) is 0. The molecule has 1 fully saturated rings. The number of alkyl halides is 2. The summed E-state index contributed by atoms with van der Waals surface area (Å²) in [6, 6.07) is 4.92. The number of fused-ring (bicyclic) bond motifs is 1. The molecule has 1 aliphatic heterocycles. The van der Waals surface area contributed by atoms with Gasteiger partial charge in [-0.2, -0.15) is 8.78 Å². The molecule has 0 radical (unpaired) electrons. The smallest absolute Gasteiger partial charge is 0.387 e. The molecule has 2 aliphatic rings. The molecule has 5 nitrogen and oxygen atoms in total. The Morgan fingerprint density at radius 2 is 2.15 bits per heavy atom. The van der Waals surface area contributed by atoms with Crippen LogP contribution < -0.4 is 15.4 Å². The Labute approximate surface area is 153 Å². The molecule has 0 aromatic heterocycles. The zero-order valence-electron chi connectivity index (χ0n) is 15.1. The van der Waals surface area contributed by atoms with E-state index in [1.807, 2.05) is 0 Å². The fourth-order valence-electron chi connectivity index (χ4n) is 3.96. The topological polar surface area (TPSA) is 53.6 Å². The third kappa shape index (κ3) is 4.84. The second kappa shape index (κ2) is 8.66. The van der Waals surface area contributed by atoms with Crippen molar-refractivity contribution in [3.8, 4) is 5.75 Å². The van der Waals surface area contributed by atoms with Gasteiger partial charge in [-0.15, -0.1) is 0 Å². The number of urea groups is 1. The Bertz CT molecular complexity index is 627. The second-order valence-corrected chi connectivity index (χ2v) is 7.03. The predicted molar refractivity (Wildman–Crippen MR) is 95.6 cm³/mol. The Kier molecular flexibility index (Phi) is 6.29. The van der Waals surface area contributed by atoms with Crippen molar-refractivity contribution >= 4 is 6.03 Å². The Morgan fingerprint density at radius 1 is 1.31 bits per heavy atom. The van der Waals surface area contributed by atoms with Crippen LogP contribution in [-0.4, -0.2) is 43.2 Å². The number of ether oxygens (including phenoxy) is 1. The van der Waals surface area contributed by atoms with E-state index >= 15 is 0 Å². The molecule has 1 heterocycles. The molecule has 144 valence electrons. The SMILES string of the molecule is CCN1CCC[C@H](NC(=O)N[C@@H]2CCCc3cc(OC(F)F)ccc32)C1. The van der Waals surface area contributed by atoms with Crippen molar-refractivity contribution in [2.24, 2.45) is 0 Å². The van der Waals surface area contributed by atoms with Gasteiger partial charge in [-0.05, 0) is 68.5 Å². The van der Waals surface area contributed by atoms with Crippen LogP contribution in [0, 0.1) is 0 Å². The van der Waals surface area contributed by atoms with Gasteiger partial charge in [0.2, 0.25) is 0 Å². The van der Waals surface area contributed by atoms with Gasteiger partial charge in [-0.1, -0.05) is 13.0 Å². The maximum Gasteiger partial charge on any atom is 0.387 e. The highest BCUT2D eigenvalue weighted by atomic mass is 19.3. The van der Waals surface area contributed by atoms with Gasteiger partial charge in [0.15, 0.2) is 0 Å². The van der Waals surface area contributed by atoms with Crippen molar-refractivity contribution in [1.29, 1.82) is 0 Å². The number of benzene rings is 1. The summed E-state index contributed by atoms with van der Waals surface area (Å²) in [6.07, 6.45) is 4.66. The zero-order chi connectivity index (χ0) is 18.5. The summed E-state index contributed by atoms with van der Waals surface area (Å²) in [5.74, 6) is 0.172. The lowest BCUT2D eigenvalue weighted by molar-refractivity contribution is -0.0499. The molecule has 0 bridgehead atoms. The van der Waals surface area contributed by atoms with Crippen LogP contribution in [0.15, 0.2) is 18.2 Å². The number of nitrogens with zero attached hydrogens (tertiary/aromatic N) is 1. The maximum absolute atomic E-state index is 12.4. The summed E-state index contributed by atoms with van der Waals surface area (Å²) in [6.45, 7) is 2.29. The molecule has 1 aliphatic carbocycles. The van der Waals surface area contributed by atoms with Crippen LogP contribution in [0.4, 0.5) is 13.6 Å². The molecule has 1 aromatic carbocycles. The number of hydrogen-bond acceptors (Lipinski definition) is 3. The van der Waals surface area contributed by atoms with Crippen molar-refractivity contribution < 1.29 is 18.3 Å².